The molecule has 2 heterocycles. The molecule has 2 aromatic heterocycles. The molecule has 0 amide bonds. The van der Waals surface area contributed by atoms with Crippen LogP contribution in [0, 0.1) is 5.41 Å². The largest absolute Gasteiger partial charge is 0.370 e. The summed E-state index contributed by atoms with van der Waals surface area (Å²) in [7, 11) is 0. The van der Waals surface area contributed by atoms with Crippen LogP contribution in [0.3, 0.4) is 0 Å². The zero-order chi connectivity index (χ0) is 14.8. The van der Waals surface area contributed by atoms with E-state index < -0.39 is 0 Å². The van der Waals surface area contributed by atoms with Gasteiger partial charge in [-0.15, -0.1) is 11.3 Å². The van der Waals surface area contributed by atoms with Crippen LogP contribution in [0.2, 0.25) is 0 Å². The van der Waals surface area contributed by atoms with Crippen LogP contribution in [0.1, 0.15) is 44.6 Å². The summed E-state index contributed by atoms with van der Waals surface area (Å²) in [6, 6.07) is 0. The Hall–Kier alpha value is -1.31. The number of rotatable bonds is 5. The Balaban J connectivity index is 2.26. The van der Waals surface area contributed by atoms with Crippen molar-refractivity contribution in [1.82, 2.24) is 15.1 Å². The summed E-state index contributed by atoms with van der Waals surface area (Å²) in [5.41, 5.74) is 6.11. The molecule has 0 saturated heterocycles. The topological polar surface area (TPSA) is 87.1 Å². The summed E-state index contributed by atoms with van der Waals surface area (Å²) in [5, 5.41) is 6.75. The molecule has 20 heavy (non-hydrogen) atoms. The van der Waals surface area contributed by atoms with Gasteiger partial charge < -0.3 is 15.0 Å². The average molecular weight is 296 g/mol. The second-order valence-corrected chi connectivity index (χ2v) is 6.43. The number of hydrogen-bond donors (Lipinski definition) is 1. The molecule has 6 nitrogen and oxygen atoms in total. The summed E-state index contributed by atoms with van der Waals surface area (Å²) in [6.07, 6.45) is -0.211. The molecule has 0 bridgehead atoms. The number of nitrogens with zero attached hydrogens (tertiary/aromatic N) is 3. The molecule has 2 N–H and O–H groups in total. The van der Waals surface area contributed by atoms with Crippen LogP contribution in [0.5, 0.6) is 0 Å². The van der Waals surface area contributed by atoms with Crippen LogP contribution >= 0.6 is 11.3 Å². The van der Waals surface area contributed by atoms with Gasteiger partial charge in [-0.1, -0.05) is 25.9 Å². The van der Waals surface area contributed by atoms with Crippen LogP contribution in [-0.2, 0) is 11.3 Å². The van der Waals surface area contributed by atoms with Gasteiger partial charge in [0.05, 0.1) is 0 Å². The number of nitrogens with two attached hydrogens (primary N) is 1. The lowest BCUT2D eigenvalue weighted by molar-refractivity contribution is -0.0203. The zero-order valence-electron chi connectivity index (χ0n) is 12.2. The third-order valence-corrected chi connectivity index (χ3v) is 3.61. The second-order valence-electron chi connectivity index (χ2n) is 5.49. The maximum Gasteiger partial charge on any atom is 0.277 e. The lowest BCUT2D eigenvalue weighted by atomic mass is 9.88. The minimum atomic E-state index is -0.211. The van der Waals surface area contributed by atoms with Crippen LogP contribution < -0.4 is 5.73 Å². The molecule has 0 fully saturated rings. The first kappa shape index (κ1) is 15.1. The summed E-state index contributed by atoms with van der Waals surface area (Å²) >= 11 is 1.48. The molecule has 110 valence electrons. The Morgan fingerprint density at radius 1 is 1.40 bits per heavy atom. The standard InChI is InChI=1S/C13H20N4O2S/c1-5-18-10(13(2,3)4)11-16-12(19-17-11)8-7-20-9(6-14)15-8/h7,10H,5-6,14H2,1-4H3. The van der Waals surface area contributed by atoms with E-state index in [-0.39, 0.29) is 11.5 Å². The Bertz CT molecular complexity index is 559. The molecule has 0 aliphatic carbocycles. The molecule has 1 unspecified atom stereocenters. The average Bonchev–Trinajstić information content (AvgIpc) is 3.02. The van der Waals surface area contributed by atoms with Gasteiger partial charge in [0, 0.05) is 18.5 Å². The van der Waals surface area contributed by atoms with Gasteiger partial charge in [-0.05, 0) is 12.3 Å². The molecule has 2 rings (SSSR count). The maximum absolute atomic E-state index is 5.75. The quantitative estimate of drug-likeness (QED) is 0.913. The first-order valence-electron chi connectivity index (χ1n) is 6.55. The second kappa shape index (κ2) is 5.99. The molecule has 0 aromatic carbocycles. The molecule has 7 heteroatoms. The van der Waals surface area contributed by atoms with E-state index in [1.54, 1.807) is 0 Å². The van der Waals surface area contributed by atoms with E-state index in [1.165, 1.54) is 11.3 Å². The van der Waals surface area contributed by atoms with E-state index in [0.717, 1.165) is 5.01 Å². The van der Waals surface area contributed by atoms with Gasteiger partial charge in [0.1, 0.15) is 16.8 Å². The number of thiazole rings is 1. The fourth-order valence-corrected chi connectivity index (χ4v) is 2.48. The maximum atomic E-state index is 5.75. The van der Waals surface area contributed by atoms with E-state index >= 15 is 0 Å². The molecular formula is C13H20N4O2S. The van der Waals surface area contributed by atoms with Gasteiger partial charge in [0.15, 0.2) is 0 Å². The lowest BCUT2D eigenvalue weighted by Gasteiger charge is -2.27. The highest BCUT2D eigenvalue weighted by Gasteiger charge is 2.31. The van der Waals surface area contributed by atoms with Crippen molar-refractivity contribution in [3.63, 3.8) is 0 Å². The first-order valence-corrected chi connectivity index (χ1v) is 7.43. The van der Waals surface area contributed by atoms with Crippen LogP contribution in [0.25, 0.3) is 11.6 Å². The van der Waals surface area contributed by atoms with Crippen molar-refractivity contribution in [1.29, 1.82) is 0 Å². The van der Waals surface area contributed by atoms with Crippen LogP contribution in [0.4, 0.5) is 0 Å². The Kier molecular flexibility index (Phi) is 4.52. The highest BCUT2D eigenvalue weighted by atomic mass is 32.1. The van der Waals surface area contributed by atoms with Crippen molar-refractivity contribution in [3.05, 3.63) is 16.2 Å². The highest BCUT2D eigenvalue weighted by Crippen LogP contribution is 2.35. The van der Waals surface area contributed by atoms with Gasteiger partial charge in [-0.3, -0.25) is 0 Å². The third-order valence-electron chi connectivity index (χ3n) is 2.74. The fraction of sp³-hybridized carbons (Fsp3) is 0.615. The van der Waals surface area contributed by atoms with Crippen LogP contribution in [0.15, 0.2) is 9.90 Å². The molecule has 0 aliphatic rings. The SMILES string of the molecule is CCOC(c1noc(-c2csc(CN)n2)n1)C(C)(C)C. The van der Waals surface area contributed by atoms with Gasteiger partial charge in [0.25, 0.3) is 5.89 Å². The Morgan fingerprint density at radius 3 is 2.70 bits per heavy atom. The van der Waals surface area contributed by atoms with Crippen LogP contribution in [-0.4, -0.2) is 21.7 Å². The summed E-state index contributed by atoms with van der Waals surface area (Å²) < 4.78 is 11.0. The first-order chi connectivity index (χ1) is 9.45. The van der Waals surface area contributed by atoms with Gasteiger partial charge in [-0.2, -0.15) is 4.98 Å². The number of hydrogen-bond acceptors (Lipinski definition) is 7. The van der Waals surface area contributed by atoms with Gasteiger partial charge >= 0.3 is 0 Å². The molecule has 0 spiro atoms. The van der Waals surface area contributed by atoms with E-state index in [4.69, 9.17) is 15.0 Å². The smallest absolute Gasteiger partial charge is 0.277 e. The van der Waals surface area contributed by atoms with Crippen molar-refractivity contribution >= 4 is 11.3 Å². The molecule has 0 saturated carbocycles. The van der Waals surface area contributed by atoms with E-state index in [2.05, 4.69) is 35.9 Å². The summed E-state index contributed by atoms with van der Waals surface area (Å²) in [4.78, 5) is 8.75. The molecule has 0 radical (unpaired) electrons. The minimum Gasteiger partial charge on any atom is -0.370 e. The molecule has 1 atom stereocenters. The molecule has 2 aromatic rings. The normalized spacial score (nSPS) is 13.7. The molecular weight excluding hydrogens is 276 g/mol. The van der Waals surface area contributed by atoms with Gasteiger partial charge in [-0.25, -0.2) is 4.98 Å². The Morgan fingerprint density at radius 2 is 2.15 bits per heavy atom. The summed E-state index contributed by atoms with van der Waals surface area (Å²) in [5.74, 6) is 0.960. The predicted octanol–water partition coefficient (Wildman–Crippen LogP) is 2.78. The van der Waals surface area contributed by atoms with Crippen molar-refractivity contribution in [2.75, 3.05) is 6.61 Å². The monoisotopic (exact) mass is 296 g/mol. The lowest BCUT2D eigenvalue weighted by Crippen LogP contribution is -2.22. The van der Waals surface area contributed by atoms with Crippen molar-refractivity contribution in [2.45, 2.75) is 40.3 Å². The Labute approximate surface area is 122 Å². The molecule has 0 aliphatic heterocycles. The van der Waals surface area contributed by atoms with Gasteiger partial charge in [0.2, 0.25) is 5.82 Å². The number of aromatic nitrogens is 3. The van der Waals surface area contributed by atoms with Crippen molar-refractivity contribution in [3.8, 4) is 11.6 Å². The minimum absolute atomic E-state index is 0.109. The van der Waals surface area contributed by atoms with E-state index in [1.807, 2.05) is 12.3 Å². The fourth-order valence-electron chi connectivity index (χ4n) is 1.83. The number of ether oxygens (including phenoxy) is 1. The van der Waals surface area contributed by atoms with E-state index in [0.29, 0.717) is 30.6 Å². The predicted molar refractivity (Wildman–Crippen MR) is 77.1 cm³/mol. The summed E-state index contributed by atoms with van der Waals surface area (Å²) in [6.45, 7) is 9.21. The third kappa shape index (κ3) is 3.23. The zero-order valence-corrected chi connectivity index (χ0v) is 13.0. The van der Waals surface area contributed by atoms with E-state index in [9.17, 15) is 0 Å². The van der Waals surface area contributed by atoms with Crippen molar-refractivity contribution in [2.24, 2.45) is 11.1 Å². The highest BCUT2D eigenvalue weighted by molar-refractivity contribution is 7.09. The van der Waals surface area contributed by atoms with Crippen molar-refractivity contribution < 1.29 is 9.26 Å².